The van der Waals surface area contributed by atoms with Crippen molar-refractivity contribution in [2.75, 3.05) is 11.9 Å². The lowest BCUT2D eigenvalue weighted by Crippen LogP contribution is -2.13. The number of amides is 1. The molecule has 37 heavy (non-hydrogen) atoms. The van der Waals surface area contributed by atoms with Crippen molar-refractivity contribution >= 4 is 44.3 Å². The summed E-state index contributed by atoms with van der Waals surface area (Å²) >= 11 is 4.99. The van der Waals surface area contributed by atoms with Gasteiger partial charge in [-0.1, -0.05) is 29.8 Å². The number of aryl methyl sites for hydroxylation is 2. The van der Waals surface area contributed by atoms with Crippen molar-refractivity contribution in [3.05, 3.63) is 79.1 Å². The van der Waals surface area contributed by atoms with Crippen LogP contribution >= 0.6 is 27.3 Å². The number of nitrogens with zero attached hydrogens (tertiary/aromatic N) is 2. The van der Waals surface area contributed by atoms with Crippen LogP contribution in [0.15, 0.2) is 46.4 Å². The van der Waals surface area contributed by atoms with Crippen LogP contribution in [0.2, 0.25) is 0 Å². The van der Waals surface area contributed by atoms with Gasteiger partial charge in [-0.25, -0.2) is 0 Å². The number of thiophene rings is 1. The average Bonchev–Trinajstić information content (AvgIpc) is 3.24. The molecule has 0 atom stereocenters. The van der Waals surface area contributed by atoms with Crippen molar-refractivity contribution in [2.24, 2.45) is 0 Å². The van der Waals surface area contributed by atoms with Crippen LogP contribution in [0.1, 0.15) is 52.5 Å². The summed E-state index contributed by atoms with van der Waals surface area (Å²) in [6.07, 6.45) is 5.38. The number of nitrogens with one attached hydrogen (secondary N) is 1. The maximum absolute atomic E-state index is 13.0. The number of halogens is 1. The number of nitriles is 2. The van der Waals surface area contributed by atoms with Crippen LogP contribution < -0.4 is 14.8 Å². The standard InChI is InChI=1S/C29H26BrN3O3S/c1-3-35-25-14-20(13-24(30)27(25)36-17-19-10-8-18(2)9-11-19)12-21(15-31)28(34)33-29-23(16-32)22-6-4-5-7-26(22)37-29/h8-14H,3-7,17H2,1-2H3,(H,33,34)/b21-12+. The Morgan fingerprint density at radius 1 is 1.16 bits per heavy atom. The maximum Gasteiger partial charge on any atom is 0.266 e. The van der Waals surface area contributed by atoms with Gasteiger partial charge in [0.15, 0.2) is 11.5 Å². The maximum atomic E-state index is 13.0. The topological polar surface area (TPSA) is 95.1 Å². The van der Waals surface area contributed by atoms with Crippen LogP contribution in [0, 0.1) is 29.6 Å². The molecule has 6 nitrogen and oxygen atoms in total. The van der Waals surface area contributed by atoms with E-state index in [1.54, 1.807) is 12.1 Å². The first-order chi connectivity index (χ1) is 17.9. The summed E-state index contributed by atoms with van der Waals surface area (Å²) in [5, 5.41) is 22.7. The highest BCUT2D eigenvalue weighted by atomic mass is 79.9. The molecule has 1 heterocycles. The molecule has 0 spiro atoms. The molecule has 0 radical (unpaired) electrons. The van der Waals surface area contributed by atoms with Gasteiger partial charge in [0, 0.05) is 4.88 Å². The van der Waals surface area contributed by atoms with Crippen LogP contribution in [0.3, 0.4) is 0 Å². The minimum Gasteiger partial charge on any atom is -0.490 e. The zero-order valence-corrected chi connectivity index (χ0v) is 23.1. The summed E-state index contributed by atoms with van der Waals surface area (Å²) in [6, 6.07) is 15.8. The Labute approximate surface area is 229 Å². The Hall–Kier alpha value is -3.59. The number of rotatable bonds is 8. The lowest BCUT2D eigenvalue weighted by molar-refractivity contribution is -0.112. The van der Waals surface area contributed by atoms with E-state index in [1.165, 1.54) is 23.0 Å². The third-order valence-corrected chi connectivity index (χ3v) is 7.82. The van der Waals surface area contributed by atoms with Gasteiger partial charge >= 0.3 is 0 Å². The van der Waals surface area contributed by atoms with Gasteiger partial charge in [-0.3, -0.25) is 4.79 Å². The third kappa shape index (κ3) is 6.22. The summed E-state index contributed by atoms with van der Waals surface area (Å²) in [5.74, 6) is 0.502. The quantitative estimate of drug-likeness (QED) is 0.228. The SMILES string of the molecule is CCOc1cc(/C=C(\C#N)C(=O)Nc2sc3c(c2C#N)CCCC3)cc(Br)c1OCc1ccc(C)cc1. The Balaban J connectivity index is 1.57. The van der Waals surface area contributed by atoms with E-state index in [2.05, 4.69) is 27.3 Å². The van der Waals surface area contributed by atoms with Gasteiger partial charge in [0.2, 0.25) is 0 Å². The van der Waals surface area contributed by atoms with E-state index in [-0.39, 0.29) is 5.57 Å². The average molecular weight is 577 g/mol. The van der Waals surface area contributed by atoms with E-state index >= 15 is 0 Å². The molecule has 1 aliphatic carbocycles. The fourth-order valence-electron chi connectivity index (χ4n) is 4.17. The first-order valence-corrected chi connectivity index (χ1v) is 13.7. The molecule has 1 aliphatic rings. The predicted octanol–water partition coefficient (Wildman–Crippen LogP) is 7.09. The molecule has 1 aromatic heterocycles. The lowest BCUT2D eigenvalue weighted by Gasteiger charge is -2.15. The van der Waals surface area contributed by atoms with Crippen LogP contribution in [-0.2, 0) is 24.2 Å². The van der Waals surface area contributed by atoms with E-state index in [9.17, 15) is 15.3 Å². The summed E-state index contributed by atoms with van der Waals surface area (Å²) < 4.78 is 12.5. The van der Waals surface area contributed by atoms with Crippen LogP contribution in [-0.4, -0.2) is 12.5 Å². The van der Waals surface area contributed by atoms with Crippen molar-refractivity contribution in [3.63, 3.8) is 0 Å². The number of ether oxygens (including phenoxy) is 2. The molecule has 0 saturated carbocycles. The van der Waals surface area contributed by atoms with Gasteiger partial charge < -0.3 is 14.8 Å². The van der Waals surface area contributed by atoms with Crippen LogP contribution in [0.25, 0.3) is 6.08 Å². The first kappa shape index (κ1) is 26.5. The second-order valence-electron chi connectivity index (χ2n) is 8.69. The monoisotopic (exact) mass is 575 g/mol. The molecule has 8 heteroatoms. The molecule has 188 valence electrons. The van der Waals surface area contributed by atoms with Crippen molar-refractivity contribution < 1.29 is 14.3 Å². The molecular formula is C29H26BrN3O3S. The Kier molecular flexibility index (Phi) is 8.66. The lowest BCUT2D eigenvalue weighted by atomic mass is 9.96. The van der Waals surface area contributed by atoms with E-state index < -0.39 is 5.91 Å². The molecule has 1 amide bonds. The van der Waals surface area contributed by atoms with Gasteiger partial charge in [0.25, 0.3) is 5.91 Å². The van der Waals surface area contributed by atoms with Gasteiger partial charge in [-0.2, -0.15) is 10.5 Å². The predicted molar refractivity (Wildman–Crippen MR) is 149 cm³/mol. The summed E-state index contributed by atoms with van der Waals surface area (Å²) in [5.41, 5.74) is 4.29. The highest BCUT2D eigenvalue weighted by Crippen LogP contribution is 2.39. The molecule has 0 fully saturated rings. The molecule has 4 rings (SSSR count). The van der Waals surface area contributed by atoms with E-state index in [4.69, 9.17) is 9.47 Å². The second-order valence-corrected chi connectivity index (χ2v) is 10.6. The van der Waals surface area contributed by atoms with Crippen molar-refractivity contribution in [1.29, 1.82) is 10.5 Å². The highest BCUT2D eigenvalue weighted by molar-refractivity contribution is 9.10. The Morgan fingerprint density at radius 3 is 2.62 bits per heavy atom. The minimum absolute atomic E-state index is 0.0714. The third-order valence-electron chi connectivity index (χ3n) is 6.02. The van der Waals surface area contributed by atoms with Gasteiger partial charge in [0.1, 0.15) is 29.3 Å². The minimum atomic E-state index is -0.550. The smallest absolute Gasteiger partial charge is 0.266 e. The number of fused-ring (bicyclic) bond motifs is 1. The molecule has 0 unspecified atom stereocenters. The number of carbonyl (C=O) groups is 1. The van der Waals surface area contributed by atoms with E-state index in [0.717, 1.165) is 41.7 Å². The van der Waals surface area contributed by atoms with Gasteiger partial charge in [0.05, 0.1) is 16.6 Å². The Morgan fingerprint density at radius 2 is 1.92 bits per heavy atom. The van der Waals surface area contributed by atoms with E-state index in [1.807, 2.05) is 44.2 Å². The van der Waals surface area contributed by atoms with Gasteiger partial charge in [-0.15, -0.1) is 11.3 Å². The summed E-state index contributed by atoms with van der Waals surface area (Å²) in [6.45, 7) is 4.70. The number of hydrogen-bond acceptors (Lipinski definition) is 6. The largest absolute Gasteiger partial charge is 0.490 e. The number of hydrogen-bond donors (Lipinski definition) is 1. The van der Waals surface area contributed by atoms with Crippen LogP contribution in [0.5, 0.6) is 11.5 Å². The fraction of sp³-hybridized carbons (Fsp3) is 0.276. The summed E-state index contributed by atoms with van der Waals surface area (Å²) in [4.78, 5) is 14.1. The van der Waals surface area contributed by atoms with Crippen molar-refractivity contribution in [1.82, 2.24) is 0 Å². The molecule has 2 aromatic carbocycles. The number of anilines is 1. The normalized spacial score (nSPS) is 12.7. The molecule has 1 N–H and O–H groups in total. The molecule has 3 aromatic rings. The second kappa shape index (κ2) is 12.1. The molecular weight excluding hydrogens is 550 g/mol. The zero-order valence-electron chi connectivity index (χ0n) is 20.7. The fourth-order valence-corrected chi connectivity index (χ4v) is 5.98. The Bertz CT molecular complexity index is 1430. The van der Waals surface area contributed by atoms with Crippen molar-refractivity contribution in [2.45, 2.75) is 46.1 Å². The highest BCUT2D eigenvalue weighted by Gasteiger charge is 2.23. The number of benzene rings is 2. The first-order valence-electron chi connectivity index (χ1n) is 12.1. The molecule has 0 aliphatic heterocycles. The zero-order chi connectivity index (χ0) is 26.4. The summed E-state index contributed by atoms with van der Waals surface area (Å²) in [7, 11) is 0. The van der Waals surface area contributed by atoms with Gasteiger partial charge in [-0.05, 0) is 90.4 Å². The van der Waals surface area contributed by atoms with Crippen molar-refractivity contribution in [3.8, 4) is 23.6 Å². The van der Waals surface area contributed by atoms with Crippen LogP contribution in [0.4, 0.5) is 5.00 Å². The molecule has 0 bridgehead atoms. The number of carbonyl (C=O) groups excluding carboxylic acids is 1. The van der Waals surface area contributed by atoms with E-state index in [0.29, 0.717) is 45.3 Å². The molecule has 0 saturated heterocycles.